The van der Waals surface area contributed by atoms with Gasteiger partial charge in [0.05, 0.1) is 17.8 Å². The number of rotatable bonds is 4. The van der Waals surface area contributed by atoms with Crippen LogP contribution in [0.15, 0.2) is 18.3 Å². The van der Waals surface area contributed by atoms with Crippen molar-refractivity contribution in [3.05, 3.63) is 24.0 Å². The van der Waals surface area contributed by atoms with Crippen LogP contribution >= 0.6 is 11.6 Å². The van der Waals surface area contributed by atoms with E-state index in [1.165, 1.54) is 32.1 Å². The number of nitrogens with zero attached hydrogens (tertiary/aromatic N) is 1. The lowest BCUT2D eigenvalue weighted by Gasteiger charge is -2.31. The van der Waals surface area contributed by atoms with Crippen molar-refractivity contribution in [2.45, 2.75) is 51.0 Å². The Morgan fingerprint density at radius 3 is 2.82 bits per heavy atom. The molecule has 1 saturated carbocycles. The number of hydrogen-bond donors (Lipinski definition) is 0. The fourth-order valence-corrected chi connectivity index (χ4v) is 2.69. The van der Waals surface area contributed by atoms with Crippen molar-refractivity contribution in [1.82, 2.24) is 4.98 Å². The smallest absolute Gasteiger partial charge is 0.138 e. The molecule has 2 rings (SSSR count). The third-order valence-electron chi connectivity index (χ3n) is 3.59. The first-order valence-electron chi connectivity index (χ1n) is 6.51. The second kappa shape index (κ2) is 6.25. The van der Waals surface area contributed by atoms with Gasteiger partial charge in [-0.3, -0.25) is 4.98 Å². The van der Waals surface area contributed by atoms with Gasteiger partial charge in [0.1, 0.15) is 11.9 Å². The van der Waals surface area contributed by atoms with E-state index in [-0.39, 0.29) is 0 Å². The van der Waals surface area contributed by atoms with Gasteiger partial charge >= 0.3 is 0 Å². The van der Waals surface area contributed by atoms with E-state index in [4.69, 9.17) is 16.3 Å². The summed E-state index contributed by atoms with van der Waals surface area (Å²) >= 11 is 5.71. The number of aromatic nitrogens is 1. The third-order valence-corrected chi connectivity index (χ3v) is 3.86. The van der Waals surface area contributed by atoms with E-state index >= 15 is 0 Å². The highest BCUT2D eigenvalue weighted by molar-refractivity contribution is 6.16. The number of halogens is 1. The zero-order valence-corrected chi connectivity index (χ0v) is 11.1. The van der Waals surface area contributed by atoms with Gasteiger partial charge in [0.2, 0.25) is 0 Å². The van der Waals surface area contributed by atoms with E-state index in [9.17, 15) is 0 Å². The van der Waals surface area contributed by atoms with Gasteiger partial charge in [-0.2, -0.15) is 0 Å². The van der Waals surface area contributed by atoms with Gasteiger partial charge in [0, 0.05) is 0 Å². The molecule has 2 unspecified atom stereocenters. The molecule has 1 aromatic heterocycles. The summed E-state index contributed by atoms with van der Waals surface area (Å²) in [6, 6.07) is 3.91. The van der Waals surface area contributed by atoms with Crippen molar-refractivity contribution in [3.63, 3.8) is 0 Å². The van der Waals surface area contributed by atoms with Gasteiger partial charge in [0.25, 0.3) is 0 Å². The molecule has 3 heteroatoms. The number of hydrogen-bond acceptors (Lipinski definition) is 2. The maximum Gasteiger partial charge on any atom is 0.138 e. The summed E-state index contributed by atoms with van der Waals surface area (Å²) in [4.78, 5) is 4.26. The van der Waals surface area contributed by atoms with Gasteiger partial charge in [-0.05, 0) is 43.7 Å². The minimum atomic E-state index is 0.373. The van der Waals surface area contributed by atoms with E-state index in [0.29, 0.717) is 17.9 Å². The maximum atomic E-state index is 6.05. The molecular weight excluding hydrogens is 234 g/mol. The van der Waals surface area contributed by atoms with Crippen molar-refractivity contribution in [1.29, 1.82) is 0 Å². The van der Waals surface area contributed by atoms with E-state index in [0.717, 1.165) is 11.4 Å². The molecule has 0 aliphatic heterocycles. The van der Waals surface area contributed by atoms with Crippen LogP contribution in [-0.4, -0.2) is 11.1 Å². The second-order valence-corrected chi connectivity index (χ2v) is 5.00. The summed E-state index contributed by atoms with van der Waals surface area (Å²) in [6.45, 7) is 2.25. The van der Waals surface area contributed by atoms with E-state index in [1.54, 1.807) is 6.20 Å². The number of pyridine rings is 1. The van der Waals surface area contributed by atoms with Crippen molar-refractivity contribution in [2.75, 3.05) is 0 Å². The van der Waals surface area contributed by atoms with Crippen molar-refractivity contribution in [2.24, 2.45) is 5.92 Å². The maximum absolute atomic E-state index is 6.05. The Kier molecular flexibility index (Phi) is 4.66. The Morgan fingerprint density at radius 1 is 1.35 bits per heavy atom. The molecule has 0 amide bonds. The fraction of sp³-hybridized carbons (Fsp3) is 0.643. The largest absolute Gasteiger partial charge is 0.489 e. The minimum absolute atomic E-state index is 0.373. The van der Waals surface area contributed by atoms with E-state index in [1.807, 2.05) is 12.1 Å². The number of ether oxygens (including phenoxy) is 1. The first-order chi connectivity index (χ1) is 8.33. The standard InChI is InChI=1S/C14H20ClNO/c1-2-11-5-3-4-6-14(11)17-13-8-7-12(9-15)16-10-13/h7-8,10-11,14H,2-6,9H2,1H3. The summed E-state index contributed by atoms with van der Waals surface area (Å²) in [5, 5.41) is 0. The Bertz CT molecular complexity index is 339. The van der Waals surface area contributed by atoms with Crippen LogP contribution in [0, 0.1) is 5.92 Å². The Labute approximate surface area is 108 Å². The lowest BCUT2D eigenvalue weighted by atomic mass is 9.85. The lowest BCUT2D eigenvalue weighted by molar-refractivity contribution is 0.0900. The molecule has 94 valence electrons. The van der Waals surface area contributed by atoms with Crippen molar-refractivity contribution < 1.29 is 4.74 Å². The van der Waals surface area contributed by atoms with E-state index < -0.39 is 0 Å². The van der Waals surface area contributed by atoms with Crippen molar-refractivity contribution >= 4 is 11.6 Å². The molecule has 0 saturated heterocycles. The SMILES string of the molecule is CCC1CCCCC1Oc1ccc(CCl)nc1. The predicted molar refractivity (Wildman–Crippen MR) is 70.5 cm³/mol. The van der Waals surface area contributed by atoms with Crippen LogP contribution in [-0.2, 0) is 5.88 Å². The van der Waals surface area contributed by atoms with Crippen LogP contribution in [0.25, 0.3) is 0 Å². The van der Waals surface area contributed by atoms with Crippen LogP contribution in [0.3, 0.4) is 0 Å². The van der Waals surface area contributed by atoms with Gasteiger partial charge in [-0.15, -0.1) is 11.6 Å². The summed E-state index contributed by atoms with van der Waals surface area (Å²) < 4.78 is 6.05. The van der Waals surface area contributed by atoms with Gasteiger partial charge < -0.3 is 4.74 Å². The first kappa shape index (κ1) is 12.7. The average molecular weight is 254 g/mol. The predicted octanol–water partition coefficient (Wildman–Crippen LogP) is 4.17. The summed E-state index contributed by atoms with van der Waals surface area (Å²) in [7, 11) is 0. The molecule has 2 nitrogen and oxygen atoms in total. The summed E-state index contributed by atoms with van der Waals surface area (Å²) in [5.74, 6) is 2.04. The molecule has 0 spiro atoms. The highest BCUT2D eigenvalue weighted by atomic mass is 35.5. The monoisotopic (exact) mass is 253 g/mol. The topological polar surface area (TPSA) is 22.1 Å². The average Bonchev–Trinajstić information content (AvgIpc) is 2.40. The van der Waals surface area contributed by atoms with E-state index in [2.05, 4.69) is 11.9 Å². The fourth-order valence-electron chi connectivity index (χ4n) is 2.53. The summed E-state index contributed by atoms with van der Waals surface area (Å²) in [6.07, 6.45) is 8.48. The highest BCUT2D eigenvalue weighted by Crippen LogP contribution is 2.30. The Balaban J connectivity index is 1.98. The van der Waals surface area contributed by atoms with Gasteiger partial charge in [-0.25, -0.2) is 0 Å². The molecule has 0 aromatic carbocycles. The molecule has 2 atom stereocenters. The molecular formula is C14H20ClNO. The zero-order chi connectivity index (χ0) is 12.1. The highest BCUT2D eigenvalue weighted by Gasteiger charge is 2.25. The summed E-state index contributed by atoms with van der Waals surface area (Å²) in [5.41, 5.74) is 0.898. The third kappa shape index (κ3) is 3.35. The molecule has 1 heterocycles. The molecule has 1 aliphatic rings. The van der Waals surface area contributed by atoms with Crippen molar-refractivity contribution in [3.8, 4) is 5.75 Å². The molecule has 17 heavy (non-hydrogen) atoms. The lowest BCUT2D eigenvalue weighted by Crippen LogP contribution is -2.29. The molecule has 1 aliphatic carbocycles. The molecule has 0 N–H and O–H groups in total. The minimum Gasteiger partial charge on any atom is -0.489 e. The molecule has 1 aromatic rings. The molecule has 1 fully saturated rings. The van der Waals surface area contributed by atoms with Crippen LogP contribution < -0.4 is 4.74 Å². The van der Waals surface area contributed by atoms with Crippen LogP contribution in [0.1, 0.15) is 44.7 Å². The van der Waals surface area contributed by atoms with Gasteiger partial charge in [0.15, 0.2) is 0 Å². The molecule has 0 radical (unpaired) electrons. The quantitative estimate of drug-likeness (QED) is 0.752. The normalized spacial score (nSPS) is 24.6. The van der Waals surface area contributed by atoms with Crippen LogP contribution in [0.2, 0.25) is 0 Å². The zero-order valence-electron chi connectivity index (χ0n) is 10.4. The van der Waals surface area contributed by atoms with Crippen LogP contribution in [0.5, 0.6) is 5.75 Å². The Hall–Kier alpha value is -0.760. The first-order valence-corrected chi connectivity index (χ1v) is 7.04. The van der Waals surface area contributed by atoms with Gasteiger partial charge in [-0.1, -0.05) is 13.3 Å². The Morgan fingerprint density at radius 2 is 2.18 bits per heavy atom. The second-order valence-electron chi connectivity index (χ2n) is 4.73. The number of alkyl halides is 1. The molecule has 0 bridgehead atoms. The van der Waals surface area contributed by atoms with Crippen LogP contribution in [0.4, 0.5) is 0 Å².